The Morgan fingerprint density at radius 2 is 2.04 bits per heavy atom. The Morgan fingerprint density at radius 3 is 2.61 bits per heavy atom. The van der Waals surface area contributed by atoms with E-state index in [9.17, 15) is 18.1 Å². The fourth-order valence-electron chi connectivity index (χ4n) is 1.60. The molecule has 1 aromatic rings. The van der Waals surface area contributed by atoms with Gasteiger partial charge in [0.05, 0.1) is 12.3 Å². The normalized spacial score (nSPS) is 14.0. The van der Waals surface area contributed by atoms with Crippen LogP contribution >= 0.6 is 0 Å². The minimum atomic E-state index is -3.11. The third kappa shape index (κ3) is 6.66. The van der Waals surface area contributed by atoms with Gasteiger partial charge in [-0.15, -0.1) is 0 Å². The predicted molar refractivity (Wildman–Crippen MR) is 87.2 cm³/mol. The maximum atomic E-state index is 12.0. The third-order valence-electron chi connectivity index (χ3n) is 2.90. The van der Waals surface area contributed by atoms with E-state index in [1.165, 1.54) is 0 Å². The first kappa shape index (κ1) is 19.6. The SMILES string of the molecule is CC(=N[S+]([O-])C(C)(C)C)c1cccc(CCOC(=O)C(F)F)c1. The molecule has 0 radical (unpaired) electrons. The van der Waals surface area contributed by atoms with Gasteiger partial charge in [-0.05, 0) is 39.3 Å². The minimum absolute atomic E-state index is 0.114. The van der Waals surface area contributed by atoms with Crippen molar-refractivity contribution >= 4 is 23.0 Å². The van der Waals surface area contributed by atoms with Crippen LogP contribution in [0.25, 0.3) is 0 Å². The van der Waals surface area contributed by atoms with Crippen molar-refractivity contribution in [2.24, 2.45) is 4.40 Å². The summed E-state index contributed by atoms with van der Waals surface area (Å²) < 4.78 is 44.3. The third-order valence-corrected chi connectivity index (χ3v) is 4.39. The second-order valence-corrected chi connectivity index (χ2v) is 7.86. The van der Waals surface area contributed by atoms with Crippen molar-refractivity contribution < 1.29 is 22.9 Å². The smallest absolute Gasteiger partial charge is 0.373 e. The van der Waals surface area contributed by atoms with E-state index in [1.54, 1.807) is 19.1 Å². The molecule has 0 aliphatic carbocycles. The van der Waals surface area contributed by atoms with E-state index in [0.29, 0.717) is 12.1 Å². The van der Waals surface area contributed by atoms with E-state index >= 15 is 0 Å². The Kier molecular flexibility index (Phi) is 7.15. The van der Waals surface area contributed by atoms with Crippen molar-refractivity contribution in [3.8, 4) is 0 Å². The van der Waals surface area contributed by atoms with Crippen LogP contribution in [0.5, 0.6) is 0 Å². The minimum Gasteiger partial charge on any atom is -0.591 e. The molecule has 1 unspecified atom stereocenters. The highest BCUT2D eigenvalue weighted by Gasteiger charge is 2.26. The molecular formula is C16H21F2NO3S. The maximum absolute atomic E-state index is 12.0. The topological polar surface area (TPSA) is 61.7 Å². The predicted octanol–water partition coefficient (Wildman–Crippen LogP) is 3.31. The zero-order valence-electron chi connectivity index (χ0n) is 13.6. The quantitative estimate of drug-likeness (QED) is 0.451. The first-order valence-electron chi connectivity index (χ1n) is 7.12. The monoisotopic (exact) mass is 345 g/mol. The number of hydrogen-bond donors (Lipinski definition) is 0. The summed E-state index contributed by atoms with van der Waals surface area (Å²) in [5, 5.41) is 0. The lowest BCUT2D eigenvalue weighted by Crippen LogP contribution is -2.26. The molecule has 0 spiro atoms. The van der Waals surface area contributed by atoms with Crippen molar-refractivity contribution in [1.82, 2.24) is 0 Å². The van der Waals surface area contributed by atoms with Crippen molar-refractivity contribution in [2.45, 2.75) is 45.3 Å². The molecule has 0 heterocycles. The van der Waals surface area contributed by atoms with Crippen LogP contribution in [0.15, 0.2) is 28.7 Å². The second-order valence-electron chi connectivity index (χ2n) is 5.96. The fraction of sp³-hybridized carbons (Fsp3) is 0.500. The van der Waals surface area contributed by atoms with Crippen LogP contribution in [0.1, 0.15) is 38.8 Å². The van der Waals surface area contributed by atoms with Crippen LogP contribution in [0.2, 0.25) is 0 Å². The second kappa shape index (κ2) is 8.40. The van der Waals surface area contributed by atoms with E-state index in [2.05, 4.69) is 9.13 Å². The van der Waals surface area contributed by atoms with Gasteiger partial charge >= 0.3 is 12.4 Å². The van der Waals surface area contributed by atoms with Crippen molar-refractivity contribution in [3.05, 3.63) is 35.4 Å². The summed E-state index contributed by atoms with van der Waals surface area (Å²) >= 11 is -1.36. The van der Waals surface area contributed by atoms with Crippen LogP contribution in [-0.2, 0) is 27.3 Å². The zero-order valence-corrected chi connectivity index (χ0v) is 14.5. The van der Waals surface area contributed by atoms with Gasteiger partial charge in [-0.2, -0.15) is 8.78 Å². The molecule has 0 aliphatic rings. The number of nitrogens with zero attached hydrogens (tertiary/aromatic N) is 1. The number of rotatable bonds is 6. The van der Waals surface area contributed by atoms with E-state index in [-0.39, 0.29) is 6.61 Å². The van der Waals surface area contributed by atoms with Crippen molar-refractivity contribution in [3.63, 3.8) is 0 Å². The maximum Gasteiger partial charge on any atom is 0.373 e. The molecule has 1 aromatic carbocycles. The summed E-state index contributed by atoms with van der Waals surface area (Å²) in [6.07, 6.45) is -2.79. The Hall–Kier alpha value is -1.47. The van der Waals surface area contributed by atoms with Crippen LogP contribution in [0.3, 0.4) is 0 Å². The average Bonchev–Trinajstić information content (AvgIpc) is 2.46. The molecule has 0 saturated carbocycles. The lowest BCUT2D eigenvalue weighted by molar-refractivity contribution is -0.156. The Morgan fingerprint density at radius 1 is 1.39 bits per heavy atom. The first-order chi connectivity index (χ1) is 10.6. The van der Waals surface area contributed by atoms with Crippen LogP contribution in [0, 0.1) is 0 Å². The molecule has 0 amide bonds. The molecule has 128 valence electrons. The Balaban J connectivity index is 2.73. The Labute approximate surface area is 138 Å². The molecule has 7 heteroatoms. The number of carbonyl (C=O) groups excluding carboxylic acids is 1. The van der Waals surface area contributed by atoms with Gasteiger partial charge in [0.25, 0.3) is 0 Å². The molecule has 0 fully saturated rings. The average molecular weight is 345 g/mol. The van der Waals surface area contributed by atoms with E-state index < -0.39 is 28.5 Å². The summed E-state index contributed by atoms with van der Waals surface area (Å²) in [6, 6.07) is 7.23. The van der Waals surface area contributed by atoms with Crippen LogP contribution < -0.4 is 0 Å². The number of halogens is 2. The summed E-state index contributed by atoms with van der Waals surface area (Å²) in [6.45, 7) is 7.17. The largest absolute Gasteiger partial charge is 0.591 e. The molecule has 0 saturated heterocycles. The van der Waals surface area contributed by atoms with Gasteiger partial charge in [0.1, 0.15) is 16.1 Å². The molecule has 0 N–H and O–H groups in total. The highest BCUT2D eigenvalue weighted by atomic mass is 32.2. The number of benzene rings is 1. The summed E-state index contributed by atoms with van der Waals surface area (Å²) in [4.78, 5) is 10.7. The van der Waals surface area contributed by atoms with E-state index in [1.807, 2.05) is 32.9 Å². The summed E-state index contributed by atoms with van der Waals surface area (Å²) in [5.41, 5.74) is 2.24. The summed E-state index contributed by atoms with van der Waals surface area (Å²) in [5.74, 6) is -1.51. The van der Waals surface area contributed by atoms with Crippen molar-refractivity contribution in [2.75, 3.05) is 6.61 Å². The van der Waals surface area contributed by atoms with Gasteiger partial charge in [-0.25, -0.2) is 4.79 Å². The lowest BCUT2D eigenvalue weighted by atomic mass is 10.1. The van der Waals surface area contributed by atoms with Crippen LogP contribution in [-0.4, -0.2) is 34.0 Å². The fourth-order valence-corrected chi connectivity index (χ4v) is 2.23. The number of ether oxygens (including phenoxy) is 1. The molecule has 1 atom stereocenters. The lowest BCUT2D eigenvalue weighted by Gasteiger charge is -2.18. The molecule has 0 aromatic heterocycles. The molecule has 4 nitrogen and oxygen atoms in total. The highest BCUT2D eigenvalue weighted by molar-refractivity contribution is 7.91. The number of alkyl halides is 2. The summed E-state index contributed by atoms with van der Waals surface area (Å²) in [7, 11) is 0. The Bertz CT molecular complexity index is 571. The van der Waals surface area contributed by atoms with Gasteiger partial charge in [0.2, 0.25) is 0 Å². The van der Waals surface area contributed by atoms with Gasteiger partial charge < -0.3 is 9.29 Å². The van der Waals surface area contributed by atoms with Crippen LogP contribution in [0.4, 0.5) is 8.78 Å². The van der Waals surface area contributed by atoms with E-state index in [4.69, 9.17) is 0 Å². The zero-order chi connectivity index (χ0) is 17.6. The number of carbonyl (C=O) groups is 1. The first-order valence-corrected chi connectivity index (χ1v) is 8.23. The van der Waals surface area contributed by atoms with Gasteiger partial charge in [0.15, 0.2) is 0 Å². The van der Waals surface area contributed by atoms with Gasteiger partial charge in [-0.3, -0.25) is 0 Å². The van der Waals surface area contributed by atoms with E-state index in [0.717, 1.165) is 11.1 Å². The molecule has 1 rings (SSSR count). The standard InChI is InChI=1S/C16H21F2NO3S/c1-11(19-23(21)16(2,3)4)13-7-5-6-12(10-13)8-9-22-15(20)14(17)18/h5-7,10,14H,8-9H2,1-4H3. The number of hydrogen-bond acceptors (Lipinski definition) is 4. The number of esters is 1. The molecule has 0 bridgehead atoms. The van der Waals surface area contributed by atoms with Gasteiger partial charge in [-0.1, -0.05) is 22.6 Å². The highest BCUT2D eigenvalue weighted by Crippen LogP contribution is 2.18. The molecule has 0 aliphatic heterocycles. The van der Waals surface area contributed by atoms with Crippen molar-refractivity contribution in [1.29, 1.82) is 0 Å². The molecule has 23 heavy (non-hydrogen) atoms. The molecular weight excluding hydrogens is 324 g/mol. The van der Waals surface area contributed by atoms with Gasteiger partial charge in [0, 0.05) is 12.0 Å².